The van der Waals surface area contributed by atoms with E-state index in [0.29, 0.717) is 81.1 Å². The third-order valence-corrected chi connectivity index (χ3v) is 5.34. The van der Waals surface area contributed by atoms with Crippen molar-refractivity contribution >= 4 is 11.7 Å². The van der Waals surface area contributed by atoms with Gasteiger partial charge in [-0.2, -0.15) is 13.2 Å². The summed E-state index contributed by atoms with van der Waals surface area (Å²) in [5, 5.41) is 0. The normalized spacial score (nSPS) is 14.5. The van der Waals surface area contributed by atoms with Crippen LogP contribution < -0.4 is 19.1 Å². The van der Waals surface area contributed by atoms with E-state index in [1.807, 2.05) is 25.7 Å². The van der Waals surface area contributed by atoms with Gasteiger partial charge in [-0.3, -0.25) is 4.79 Å². The van der Waals surface area contributed by atoms with Gasteiger partial charge in [-0.25, -0.2) is 4.98 Å². The Labute approximate surface area is 197 Å². The molecule has 186 valence electrons. The summed E-state index contributed by atoms with van der Waals surface area (Å²) >= 11 is 0. The summed E-state index contributed by atoms with van der Waals surface area (Å²) in [5.41, 5.74) is -0.356. The van der Waals surface area contributed by atoms with Crippen LogP contribution in [-0.4, -0.2) is 61.8 Å². The lowest BCUT2D eigenvalue weighted by Crippen LogP contribution is -2.35. The zero-order valence-electron chi connectivity index (χ0n) is 19.7. The number of hydrogen-bond donors (Lipinski definition) is 0. The van der Waals surface area contributed by atoms with Crippen molar-refractivity contribution in [2.75, 3.05) is 50.9 Å². The van der Waals surface area contributed by atoms with Crippen molar-refractivity contribution in [1.82, 2.24) is 9.88 Å². The van der Waals surface area contributed by atoms with Crippen LogP contribution in [-0.2, 0) is 6.18 Å². The first-order chi connectivity index (χ1) is 16.3. The maximum atomic E-state index is 13.3. The molecule has 34 heavy (non-hydrogen) atoms. The molecule has 10 heteroatoms. The minimum Gasteiger partial charge on any atom is -0.490 e. The number of nitrogens with zero attached hydrogens (tertiary/aromatic N) is 3. The Morgan fingerprint density at radius 3 is 2.12 bits per heavy atom. The number of aromatic nitrogens is 1. The highest BCUT2D eigenvalue weighted by atomic mass is 19.4. The van der Waals surface area contributed by atoms with Crippen LogP contribution in [0, 0.1) is 0 Å². The van der Waals surface area contributed by atoms with E-state index in [1.165, 1.54) is 6.07 Å². The Bertz CT molecular complexity index is 940. The van der Waals surface area contributed by atoms with Crippen molar-refractivity contribution in [3.63, 3.8) is 0 Å². The molecule has 2 aromatic rings. The van der Waals surface area contributed by atoms with Gasteiger partial charge in [0.15, 0.2) is 11.5 Å². The lowest BCUT2D eigenvalue weighted by Gasteiger charge is -2.24. The molecule has 7 nitrogen and oxygen atoms in total. The quantitative estimate of drug-likeness (QED) is 0.547. The molecule has 1 aliphatic rings. The first kappa shape index (κ1) is 25.5. The van der Waals surface area contributed by atoms with E-state index in [-0.39, 0.29) is 5.91 Å². The van der Waals surface area contributed by atoms with Gasteiger partial charge in [-0.1, -0.05) is 0 Å². The van der Waals surface area contributed by atoms with Gasteiger partial charge in [-0.05, 0) is 51.5 Å². The average molecular weight is 482 g/mol. The lowest BCUT2D eigenvalue weighted by molar-refractivity contribution is -0.137. The monoisotopic (exact) mass is 481 g/mol. The van der Waals surface area contributed by atoms with Crippen LogP contribution in [0.4, 0.5) is 19.0 Å². The summed E-state index contributed by atoms with van der Waals surface area (Å²) in [6.07, 6.45) is -2.93. The van der Waals surface area contributed by atoms with Gasteiger partial charge in [0.25, 0.3) is 5.91 Å². The van der Waals surface area contributed by atoms with E-state index in [4.69, 9.17) is 14.2 Å². The second-order valence-corrected chi connectivity index (χ2v) is 7.64. The van der Waals surface area contributed by atoms with Crippen LogP contribution in [0.25, 0.3) is 0 Å². The molecule has 1 saturated heterocycles. The van der Waals surface area contributed by atoms with Gasteiger partial charge < -0.3 is 24.0 Å². The summed E-state index contributed by atoms with van der Waals surface area (Å²) in [7, 11) is 0. The summed E-state index contributed by atoms with van der Waals surface area (Å²) in [4.78, 5) is 21.0. The second kappa shape index (κ2) is 11.3. The van der Waals surface area contributed by atoms with Gasteiger partial charge in [0.05, 0.1) is 25.4 Å². The second-order valence-electron chi connectivity index (χ2n) is 7.64. The highest BCUT2D eigenvalue weighted by molar-refractivity contribution is 5.95. The standard InChI is InChI=1S/C24H30F3N3O4/c1-4-32-19-14-17(15-20(33-5-2)22(19)34-6-3)23(31)30-11-7-10-29(12-13-30)21-9-8-18(16-28-21)24(25,26)27/h8-9,14-16H,4-7,10-13H2,1-3H3. The molecule has 1 fully saturated rings. The molecule has 0 spiro atoms. The maximum Gasteiger partial charge on any atom is 0.417 e. The van der Waals surface area contributed by atoms with Crippen molar-refractivity contribution in [3.05, 3.63) is 41.6 Å². The number of alkyl halides is 3. The van der Waals surface area contributed by atoms with Crippen LogP contribution in [0.2, 0.25) is 0 Å². The number of hydrogen-bond acceptors (Lipinski definition) is 6. The fourth-order valence-corrected chi connectivity index (χ4v) is 3.79. The van der Waals surface area contributed by atoms with Gasteiger partial charge in [0.2, 0.25) is 5.75 Å². The molecule has 1 amide bonds. The number of anilines is 1. The Morgan fingerprint density at radius 2 is 1.59 bits per heavy atom. The molecule has 0 radical (unpaired) electrons. The lowest BCUT2D eigenvalue weighted by atomic mass is 10.1. The molecule has 1 aliphatic heterocycles. The zero-order valence-corrected chi connectivity index (χ0v) is 19.7. The first-order valence-electron chi connectivity index (χ1n) is 11.4. The SMILES string of the molecule is CCOc1cc(C(=O)N2CCCN(c3ccc(C(F)(F)F)cn3)CC2)cc(OCC)c1OCC. The molecule has 2 heterocycles. The van der Waals surface area contributed by atoms with Crippen molar-refractivity contribution in [2.24, 2.45) is 0 Å². The number of benzene rings is 1. The van der Waals surface area contributed by atoms with Gasteiger partial charge in [0.1, 0.15) is 5.82 Å². The third-order valence-electron chi connectivity index (χ3n) is 5.34. The van der Waals surface area contributed by atoms with Crippen molar-refractivity contribution < 1.29 is 32.2 Å². The summed E-state index contributed by atoms with van der Waals surface area (Å²) < 4.78 is 55.6. The molecule has 0 bridgehead atoms. The Morgan fingerprint density at radius 1 is 0.941 bits per heavy atom. The van der Waals surface area contributed by atoms with E-state index in [2.05, 4.69) is 4.98 Å². The Hall–Kier alpha value is -3.17. The Balaban J connectivity index is 1.77. The molecule has 0 atom stereocenters. The highest BCUT2D eigenvalue weighted by Gasteiger charge is 2.31. The molecule has 1 aromatic carbocycles. The van der Waals surface area contributed by atoms with Crippen LogP contribution in [0.15, 0.2) is 30.5 Å². The van der Waals surface area contributed by atoms with Crippen molar-refractivity contribution in [1.29, 1.82) is 0 Å². The van der Waals surface area contributed by atoms with Gasteiger partial charge in [-0.15, -0.1) is 0 Å². The number of rotatable bonds is 8. The minimum atomic E-state index is -4.42. The molecular weight excluding hydrogens is 451 g/mol. The van der Waals surface area contributed by atoms with Gasteiger partial charge in [0, 0.05) is 37.9 Å². The predicted octanol–water partition coefficient (Wildman–Crippen LogP) is 4.65. The largest absolute Gasteiger partial charge is 0.490 e. The first-order valence-corrected chi connectivity index (χ1v) is 11.4. The summed E-state index contributed by atoms with van der Waals surface area (Å²) in [5.74, 6) is 1.65. The number of amides is 1. The fourth-order valence-electron chi connectivity index (χ4n) is 3.79. The summed E-state index contributed by atoms with van der Waals surface area (Å²) in [6, 6.07) is 5.73. The van der Waals surface area contributed by atoms with E-state index >= 15 is 0 Å². The molecule has 0 aliphatic carbocycles. The van der Waals surface area contributed by atoms with Crippen LogP contribution in [0.5, 0.6) is 17.2 Å². The van der Waals surface area contributed by atoms with Crippen LogP contribution in [0.1, 0.15) is 43.1 Å². The molecule has 3 rings (SSSR count). The Kier molecular flexibility index (Phi) is 8.46. The van der Waals surface area contributed by atoms with E-state index in [9.17, 15) is 18.0 Å². The van der Waals surface area contributed by atoms with Gasteiger partial charge >= 0.3 is 6.18 Å². The predicted molar refractivity (Wildman–Crippen MR) is 122 cm³/mol. The number of halogens is 3. The van der Waals surface area contributed by atoms with E-state index in [1.54, 1.807) is 17.0 Å². The third kappa shape index (κ3) is 6.03. The van der Waals surface area contributed by atoms with E-state index < -0.39 is 11.7 Å². The number of carbonyl (C=O) groups excluding carboxylic acids is 1. The van der Waals surface area contributed by atoms with E-state index in [0.717, 1.165) is 12.3 Å². The van der Waals surface area contributed by atoms with Crippen molar-refractivity contribution in [2.45, 2.75) is 33.4 Å². The molecule has 0 unspecified atom stereocenters. The molecule has 0 N–H and O–H groups in total. The topological polar surface area (TPSA) is 64.1 Å². The maximum absolute atomic E-state index is 13.3. The molecule has 1 aromatic heterocycles. The smallest absolute Gasteiger partial charge is 0.417 e. The highest BCUT2D eigenvalue weighted by Crippen LogP contribution is 2.39. The van der Waals surface area contributed by atoms with Crippen LogP contribution >= 0.6 is 0 Å². The molecular formula is C24H30F3N3O4. The average Bonchev–Trinajstić information content (AvgIpc) is 3.07. The number of carbonyl (C=O) groups is 1. The fraction of sp³-hybridized carbons (Fsp3) is 0.500. The number of pyridine rings is 1. The van der Waals surface area contributed by atoms with Crippen molar-refractivity contribution in [3.8, 4) is 17.2 Å². The minimum absolute atomic E-state index is 0.174. The number of ether oxygens (including phenoxy) is 3. The zero-order chi connectivity index (χ0) is 24.7. The summed E-state index contributed by atoms with van der Waals surface area (Å²) in [6.45, 7) is 8.75. The molecule has 0 saturated carbocycles. The van der Waals surface area contributed by atoms with Crippen LogP contribution in [0.3, 0.4) is 0 Å².